The van der Waals surface area contributed by atoms with Crippen LogP contribution >= 0.6 is 0 Å². The van der Waals surface area contributed by atoms with Crippen molar-refractivity contribution in [2.75, 3.05) is 0 Å². The van der Waals surface area contributed by atoms with Gasteiger partial charge in [0.15, 0.2) is 0 Å². The highest BCUT2D eigenvalue weighted by Gasteiger charge is 2.46. The van der Waals surface area contributed by atoms with E-state index in [1.807, 2.05) is 0 Å². The number of hydrogen-bond acceptors (Lipinski definition) is 6. The maximum atomic E-state index is 13.5. The third-order valence-corrected chi connectivity index (χ3v) is 4.72. The molecule has 0 radical (unpaired) electrons. The van der Waals surface area contributed by atoms with Crippen molar-refractivity contribution in [2.24, 2.45) is 5.92 Å². The van der Waals surface area contributed by atoms with E-state index in [9.17, 15) is 24.1 Å². The van der Waals surface area contributed by atoms with Crippen LogP contribution in [0.2, 0.25) is 0 Å². The van der Waals surface area contributed by atoms with Crippen molar-refractivity contribution >= 4 is 11.8 Å². The van der Waals surface area contributed by atoms with Gasteiger partial charge in [0.1, 0.15) is 11.9 Å². The molecule has 1 aliphatic heterocycles. The number of hydrogen-bond donors (Lipinski definition) is 4. The molecule has 0 aromatic heterocycles. The van der Waals surface area contributed by atoms with E-state index in [1.165, 1.54) is 18.2 Å². The third kappa shape index (κ3) is 3.59. The maximum Gasteiger partial charge on any atom is 0.272 e. The summed E-state index contributed by atoms with van der Waals surface area (Å²) in [4.78, 5) is 34.9. The lowest BCUT2D eigenvalue weighted by atomic mass is 9.79. The quantitative estimate of drug-likeness (QED) is 0.444. The summed E-state index contributed by atoms with van der Waals surface area (Å²) in [5.41, 5.74) is 10.0. The summed E-state index contributed by atoms with van der Waals surface area (Å²) in [5.74, 6) is -2.26. The van der Waals surface area contributed by atoms with Gasteiger partial charge in [0.25, 0.3) is 11.8 Å². The van der Waals surface area contributed by atoms with E-state index in [0.717, 1.165) is 6.07 Å². The lowest BCUT2D eigenvalue weighted by molar-refractivity contribution is -0.528. The summed E-state index contributed by atoms with van der Waals surface area (Å²) in [7, 11) is 0. The molecule has 1 saturated carbocycles. The van der Waals surface area contributed by atoms with E-state index in [4.69, 9.17) is 0 Å². The van der Waals surface area contributed by atoms with Gasteiger partial charge in [-0.3, -0.25) is 36.0 Å². The van der Waals surface area contributed by atoms with Crippen molar-refractivity contribution < 1.29 is 18.9 Å². The number of rotatable bonds is 3. The zero-order chi connectivity index (χ0) is 18.0. The Morgan fingerprint density at radius 3 is 2.68 bits per heavy atom. The molecule has 1 aromatic carbocycles. The fourth-order valence-electron chi connectivity index (χ4n) is 3.39. The topological polar surface area (TPSA) is 125 Å². The number of carbonyl (C=O) groups is 2. The minimum atomic E-state index is -0.777. The maximum absolute atomic E-state index is 13.5. The van der Waals surface area contributed by atoms with Crippen LogP contribution in [0, 0.1) is 21.8 Å². The van der Waals surface area contributed by atoms with Crippen molar-refractivity contribution in [3.63, 3.8) is 0 Å². The second kappa shape index (κ2) is 7.11. The fourth-order valence-corrected chi connectivity index (χ4v) is 3.39. The van der Waals surface area contributed by atoms with Crippen molar-refractivity contribution in [1.29, 1.82) is 0 Å². The summed E-state index contributed by atoms with van der Waals surface area (Å²) in [6, 6.07) is 3.98. The molecule has 2 aliphatic rings. The first-order chi connectivity index (χ1) is 12.0. The Balaban J connectivity index is 1.59. The summed E-state index contributed by atoms with van der Waals surface area (Å²) in [6.07, 6.45) is 1.33. The third-order valence-electron chi connectivity index (χ3n) is 4.72. The molecule has 2 fully saturated rings. The standard InChI is InChI=1S/C15H18FN5O4/c16-11-4-2-1-3-9(11)14(22)19-20-15(23)13-10-7-8(21(24)25)5-6-12(10)17-18-13/h1-4,8,10,12-13,17-18H,5-7H2,(H,19,22)(H,20,23). The summed E-state index contributed by atoms with van der Waals surface area (Å²) in [5, 5.41) is 11.0. The van der Waals surface area contributed by atoms with Gasteiger partial charge in [-0.05, 0) is 18.6 Å². The first kappa shape index (κ1) is 17.2. The second-order valence-electron chi connectivity index (χ2n) is 6.21. The molecule has 9 nitrogen and oxygen atoms in total. The number of nitrogens with one attached hydrogen (secondary N) is 4. The number of nitrogens with zero attached hydrogens (tertiary/aromatic N) is 1. The van der Waals surface area contributed by atoms with E-state index in [0.29, 0.717) is 12.8 Å². The average molecular weight is 351 g/mol. The first-order valence-corrected chi connectivity index (χ1v) is 7.96. The summed E-state index contributed by atoms with van der Waals surface area (Å²) >= 11 is 0. The number of fused-ring (bicyclic) bond motifs is 1. The van der Waals surface area contributed by atoms with Crippen LogP contribution in [0.15, 0.2) is 24.3 Å². The van der Waals surface area contributed by atoms with E-state index in [-0.39, 0.29) is 28.9 Å². The Bertz CT molecular complexity index is 700. The van der Waals surface area contributed by atoms with Crippen molar-refractivity contribution in [2.45, 2.75) is 37.4 Å². The van der Waals surface area contributed by atoms with Crippen molar-refractivity contribution in [1.82, 2.24) is 21.7 Å². The van der Waals surface area contributed by atoms with E-state index >= 15 is 0 Å². The van der Waals surface area contributed by atoms with Crippen LogP contribution in [0.25, 0.3) is 0 Å². The Morgan fingerprint density at radius 1 is 1.20 bits per heavy atom. The molecule has 4 atom stereocenters. The minimum absolute atomic E-state index is 0.0331. The molecule has 10 heteroatoms. The smallest absolute Gasteiger partial charge is 0.271 e. The Morgan fingerprint density at radius 2 is 1.96 bits per heavy atom. The van der Waals surface area contributed by atoms with Crippen LogP contribution in [0.5, 0.6) is 0 Å². The number of halogens is 1. The molecule has 1 aromatic rings. The molecule has 134 valence electrons. The van der Waals surface area contributed by atoms with Gasteiger partial charge in [-0.15, -0.1) is 0 Å². The van der Waals surface area contributed by atoms with Gasteiger partial charge in [0.05, 0.1) is 5.56 Å². The SMILES string of the molecule is O=C(NNC(=O)C1NNC2CCC([N+](=O)[O-])CC21)c1ccccc1F. The molecule has 0 bridgehead atoms. The van der Waals surface area contributed by atoms with Crippen LogP contribution < -0.4 is 21.7 Å². The van der Waals surface area contributed by atoms with Crippen molar-refractivity contribution in [3.8, 4) is 0 Å². The molecule has 4 unspecified atom stereocenters. The molecule has 1 saturated heterocycles. The van der Waals surface area contributed by atoms with Crippen LogP contribution in [0.1, 0.15) is 29.6 Å². The molecule has 0 spiro atoms. The fraction of sp³-hybridized carbons (Fsp3) is 0.467. The van der Waals surface area contributed by atoms with Crippen LogP contribution in [-0.4, -0.2) is 34.9 Å². The summed E-state index contributed by atoms with van der Waals surface area (Å²) in [6.45, 7) is 0. The van der Waals surface area contributed by atoms with E-state index in [2.05, 4.69) is 21.7 Å². The molecule has 25 heavy (non-hydrogen) atoms. The molecule has 4 N–H and O–H groups in total. The number of benzene rings is 1. The monoisotopic (exact) mass is 351 g/mol. The summed E-state index contributed by atoms with van der Waals surface area (Å²) < 4.78 is 13.5. The number of hydrazine groups is 2. The van der Waals surface area contributed by atoms with Gasteiger partial charge in [-0.1, -0.05) is 12.1 Å². The lowest BCUT2D eigenvalue weighted by Crippen LogP contribution is -2.52. The second-order valence-corrected chi connectivity index (χ2v) is 6.21. The van der Waals surface area contributed by atoms with Gasteiger partial charge in [0.2, 0.25) is 6.04 Å². The first-order valence-electron chi connectivity index (χ1n) is 7.96. The highest BCUT2D eigenvalue weighted by Crippen LogP contribution is 2.31. The molecule has 2 amide bonds. The van der Waals surface area contributed by atoms with Crippen molar-refractivity contribution in [3.05, 3.63) is 45.8 Å². The van der Waals surface area contributed by atoms with Gasteiger partial charge in [-0.2, -0.15) is 0 Å². The zero-order valence-corrected chi connectivity index (χ0v) is 13.2. The largest absolute Gasteiger partial charge is 0.272 e. The molecular weight excluding hydrogens is 333 g/mol. The molecular formula is C15H18FN5O4. The Hall–Kier alpha value is -2.59. The van der Waals surface area contributed by atoms with E-state index in [1.54, 1.807) is 0 Å². The van der Waals surface area contributed by atoms with Gasteiger partial charge in [-0.25, -0.2) is 9.82 Å². The number of amides is 2. The Labute approximate surface area is 142 Å². The van der Waals surface area contributed by atoms with Crippen LogP contribution in [0.4, 0.5) is 4.39 Å². The Kier molecular flexibility index (Phi) is 4.91. The molecule has 3 rings (SSSR count). The molecule has 1 heterocycles. The normalized spacial score (nSPS) is 28.0. The predicted molar refractivity (Wildman–Crippen MR) is 84.0 cm³/mol. The number of nitro groups is 1. The lowest BCUT2D eigenvalue weighted by Gasteiger charge is -2.28. The predicted octanol–water partition coefficient (Wildman–Crippen LogP) is -0.123. The minimum Gasteiger partial charge on any atom is -0.271 e. The van der Waals surface area contributed by atoms with Gasteiger partial charge in [0, 0.05) is 29.7 Å². The van der Waals surface area contributed by atoms with Crippen LogP contribution in [0.3, 0.4) is 0 Å². The number of carbonyl (C=O) groups excluding carboxylic acids is 2. The van der Waals surface area contributed by atoms with E-state index < -0.39 is 29.7 Å². The average Bonchev–Trinajstić information content (AvgIpc) is 3.03. The van der Waals surface area contributed by atoms with Crippen LogP contribution in [-0.2, 0) is 4.79 Å². The van der Waals surface area contributed by atoms with Gasteiger partial charge >= 0.3 is 0 Å². The molecule has 1 aliphatic carbocycles. The zero-order valence-electron chi connectivity index (χ0n) is 13.2. The highest BCUT2D eigenvalue weighted by atomic mass is 19.1. The highest BCUT2D eigenvalue weighted by molar-refractivity contribution is 5.96. The van der Waals surface area contributed by atoms with Gasteiger partial charge < -0.3 is 0 Å².